The highest BCUT2D eigenvalue weighted by Crippen LogP contribution is 2.11. The SMILES string of the molecule is CCCNc1cc(NCC(=O)NC)ccn1. The number of anilines is 2. The van der Waals surface area contributed by atoms with Crippen molar-refractivity contribution in [1.29, 1.82) is 0 Å². The first-order chi connectivity index (χ1) is 7.76. The van der Waals surface area contributed by atoms with Gasteiger partial charge in [-0.05, 0) is 12.5 Å². The molecule has 1 aromatic rings. The van der Waals surface area contributed by atoms with E-state index in [9.17, 15) is 4.79 Å². The van der Waals surface area contributed by atoms with E-state index in [1.165, 1.54) is 0 Å². The van der Waals surface area contributed by atoms with E-state index in [-0.39, 0.29) is 12.5 Å². The minimum atomic E-state index is -0.0418. The Kier molecular flexibility index (Phi) is 5.11. The van der Waals surface area contributed by atoms with Crippen molar-refractivity contribution >= 4 is 17.4 Å². The molecule has 16 heavy (non-hydrogen) atoms. The first kappa shape index (κ1) is 12.3. The minimum absolute atomic E-state index is 0.0418. The molecule has 0 unspecified atom stereocenters. The van der Waals surface area contributed by atoms with E-state index in [0.29, 0.717) is 0 Å². The molecule has 1 amide bonds. The molecule has 1 aromatic heterocycles. The van der Waals surface area contributed by atoms with Gasteiger partial charge in [-0.1, -0.05) is 6.92 Å². The van der Waals surface area contributed by atoms with E-state index in [2.05, 4.69) is 27.9 Å². The van der Waals surface area contributed by atoms with Crippen LogP contribution in [0.3, 0.4) is 0 Å². The van der Waals surface area contributed by atoms with E-state index in [1.807, 2.05) is 12.1 Å². The Labute approximate surface area is 95.7 Å². The Morgan fingerprint density at radius 1 is 1.44 bits per heavy atom. The zero-order valence-corrected chi connectivity index (χ0v) is 9.71. The van der Waals surface area contributed by atoms with Gasteiger partial charge in [-0.2, -0.15) is 0 Å². The Hall–Kier alpha value is -1.78. The van der Waals surface area contributed by atoms with Crippen LogP contribution in [0.15, 0.2) is 18.3 Å². The van der Waals surface area contributed by atoms with Gasteiger partial charge in [0.1, 0.15) is 5.82 Å². The molecule has 5 heteroatoms. The van der Waals surface area contributed by atoms with Crippen molar-refractivity contribution in [2.45, 2.75) is 13.3 Å². The molecule has 0 aromatic carbocycles. The zero-order valence-electron chi connectivity index (χ0n) is 9.71. The predicted octanol–water partition coefficient (Wildman–Crippen LogP) is 1.06. The fourth-order valence-electron chi connectivity index (χ4n) is 1.16. The third kappa shape index (κ3) is 4.16. The lowest BCUT2D eigenvalue weighted by molar-refractivity contribution is -0.118. The minimum Gasteiger partial charge on any atom is -0.376 e. The van der Waals surface area contributed by atoms with Crippen LogP contribution in [0.5, 0.6) is 0 Å². The fraction of sp³-hybridized carbons (Fsp3) is 0.455. The molecule has 0 aliphatic carbocycles. The average molecular weight is 222 g/mol. The smallest absolute Gasteiger partial charge is 0.239 e. The van der Waals surface area contributed by atoms with Gasteiger partial charge < -0.3 is 16.0 Å². The lowest BCUT2D eigenvalue weighted by Crippen LogP contribution is -2.26. The van der Waals surface area contributed by atoms with E-state index in [4.69, 9.17) is 0 Å². The molecule has 0 spiro atoms. The van der Waals surface area contributed by atoms with Crippen molar-refractivity contribution in [3.05, 3.63) is 18.3 Å². The van der Waals surface area contributed by atoms with Crippen molar-refractivity contribution in [2.75, 3.05) is 30.8 Å². The normalized spacial score (nSPS) is 9.62. The van der Waals surface area contributed by atoms with Crippen molar-refractivity contribution in [3.63, 3.8) is 0 Å². The second-order valence-corrected chi connectivity index (χ2v) is 3.38. The summed E-state index contributed by atoms with van der Waals surface area (Å²) >= 11 is 0. The standard InChI is InChI=1S/C11H18N4O/c1-3-5-13-10-7-9(4-6-14-10)15-8-11(16)12-2/h4,6-7H,3,5,8H2,1-2H3,(H,12,16)(H2,13,14,15). The van der Waals surface area contributed by atoms with Crippen LogP contribution >= 0.6 is 0 Å². The van der Waals surface area contributed by atoms with Crippen LogP contribution in [0.2, 0.25) is 0 Å². The lowest BCUT2D eigenvalue weighted by atomic mass is 10.3. The summed E-state index contributed by atoms with van der Waals surface area (Å²) in [6.45, 7) is 3.26. The number of rotatable bonds is 6. The van der Waals surface area contributed by atoms with Gasteiger partial charge >= 0.3 is 0 Å². The molecule has 0 bridgehead atoms. The first-order valence-corrected chi connectivity index (χ1v) is 5.40. The predicted molar refractivity (Wildman–Crippen MR) is 65.6 cm³/mol. The van der Waals surface area contributed by atoms with Crippen LogP contribution in [-0.2, 0) is 4.79 Å². The number of amides is 1. The van der Waals surface area contributed by atoms with Gasteiger partial charge in [0.15, 0.2) is 0 Å². The molecule has 3 N–H and O–H groups in total. The second-order valence-electron chi connectivity index (χ2n) is 3.38. The van der Waals surface area contributed by atoms with Crippen molar-refractivity contribution < 1.29 is 4.79 Å². The summed E-state index contributed by atoms with van der Waals surface area (Å²) in [5, 5.41) is 8.76. The topological polar surface area (TPSA) is 66.0 Å². The molecule has 0 saturated carbocycles. The molecular weight excluding hydrogens is 204 g/mol. The van der Waals surface area contributed by atoms with Gasteiger partial charge in [0.05, 0.1) is 6.54 Å². The summed E-state index contributed by atoms with van der Waals surface area (Å²) < 4.78 is 0. The van der Waals surface area contributed by atoms with E-state index in [0.717, 1.165) is 24.5 Å². The summed E-state index contributed by atoms with van der Waals surface area (Å²) in [4.78, 5) is 15.2. The third-order valence-corrected chi connectivity index (χ3v) is 2.05. The zero-order chi connectivity index (χ0) is 11.8. The van der Waals surface area contributed by atoms with Crippen molar-refractivity contribution in [3.8, 4) is 0 Å². The first-order valence-electron chi connectivity index (χ1n) is 5.40. The number of aromatic nitrogens is 1. The van der Waals surface area contributed by atoms with Crippen LogP contribution < -0.4 is 16.0 Å². The summed E-state index contributed by atoms with van der Waals surface area (Å²) in [5.74, 6) is 0.781. The highest BCUT2D eigenvalue weighted by molar-refractivity contribution is 5.80. The van der Waals surface area contributed by atoms with E-state index >= 15 is 0 Å². The Morgan fingerprint density at radius 2 is 2.25 bits per heavy atom. The number of nitrogens with one attached hydrogen (secondary N) is 3. The maximum atomic E-state index is 11.0. The summed E-state index contributed by atoms with van der Waals surface area (Å²) in [7, 11) is 1.62. The van der Waals surface area contributed by atoms with Crippen LogP contribution in [0.1, 0.15) is 13.3 Å². The Balaban J connectivity index is 2.50. The maximum absolute atomic E-state index is 11.0. The molecule has 88 valence electrons. The van der Waals surface area contributed by atoms with Crippen LogP contribution in [-0.4, -0.2) is 31.0 Å². The van der Waals surface area contributed by atoms with Gasteiger partial charge in [0.2, 0.25) is 5.91 Å². The number of likely N-dealkylation sites (N-methyl/N-ethyl adjacent to an activating group) is 1. The molecule has 0 aliphatic heterocycles. The van der Waals surface area contributed by atoms with Crippen LogP contribution in [0, 0.1) is 0 Å². The van der Waals surface area contributed by atoms with Crippen LogP contribution in [0.4, 0.5) is 11.5 Å². The summed E-state index contributed by atoms with van der Waals surface area (Å²) in [6, 6.07) is 3.72. The van der Waals surface area contributed by atoms with E-state index in [1.54, 1.807) is 13.2 Å². The Morgan fingerprint density at radius 3 is 2.94 bits per heavy atom. The molecule has 1 heterocycles. The maximum Gasteiger partial charge on any atom is 0.239 e. The molecule has 0 fully saturated rings. The van der Waals surface area contributed by atoms with Gasteiger partial charge in [-0.15, -0.1) is 0 Å². The molecule has 5 nitrogen and oxygen atoms in total. The largest absolute Gasteiger partial charge is 0.376 e. The number of pyridine rings is 1. The molecular formula is C11H18N4O. The summed E-state index contributed by atoms with van der Waals surface area (Å²) in [6.07, 6.45) is 2.77. The second kappa shape index (κ2) is 6.66. The number of hydrogen-bond donors (Lipinski definition) is 3. The molecule has 0 saturated heterocycles. The Bertz CT molecular complexity index is 341. The lowest BCUT2D eigenvalue weighted by Gasteiger charge is -2.08. The van der Waals surface area contributed by atoms with E-state index < -0.39 is 0 Å². The van der Waals surface area contributed by atoms with Gasteiger partial charge in [-0.25, -0.2) is 4.98 Å². The van der Waals surface area contributed by atoms with Gasteiger partial charge in [-0.3, -0.25) is 4.79 Å². The molecule has 0 aliphatic rings. The molecule has 0 radical (unpaired) electrons. The number of carbonyl (C=O) groups is 1. The number of hydrogen-bond acceptors (Lipinski definition) is 4. The van der Waals surface area contributed by atoms with Gasteiger partial charge in [0.25, 0.3) is 0 Å². The van der Waals surface area contributed by atoms with Gasteiger partial charge in [0, 0.05) is 31.5 Å². The number of carbonyl (C=O) groups excluding carboxylic acids is 1. The van der Waals surface area contributed by atoms with Crippen molar-refractivity contribution in [2.24, 2.45) is 0 Å². The molecule has 1 rings (SSSR count). The highest BCUT2D eigenvalue weighted by Gasteiger charge is 1.99. The average Bonchev–Trinajstić information content (AvgIpc) is 2.34. The van der Waals surface area contributed by atoms with Crippen molar-refractivity contribution in [1.82, 2.24) is 10.3 Å². The third-order valence-electron chi connectivity index (χ3n) is 2.05. The number of nitrogens with zero attached hydrogens (tertiary/aromatic N) is 1. The quantitative estimate of drug-likeness (QED) is 0.673. The van der Waals surface area contributed by atoms with Crippen LogP contribution in [0.25, 0.3) is 0 Å². The highest BCUT2D eigenvalue weighted by atomic mass is 16.1. The molecule has 0 atom stereocenters. The fourth-order valence-corrected chi connectivity index (χ4v) is 1.16. The summed E-state index contributed by atoms with van der Waals surface area (Å²) in [5.41, 5.74) is 0.886. The monoisotopic (exact) mass is 222 g/mol.